The van der Waals surface area contributed by atoms with Gasteiger partial charge in [0.25, 0.3) is 0 Å². The van der Waals surface area contributed by atoms with E-state index in [1.807, 2.05) is 13.0 Å². The Balaban J connectivity index is 2.12. The number of anilines is 1. The number of nitrogens with zero attached hydrogens (tertiary/aromatic N) is 4. The van der Waals surface area contributed by atoms with Gasteiger partial charge in [0, 0.05) is 25.3 Å². The van der Waals surface area contributed by atoms with Crippen molar-refractivity contribution in [2.24, 2.45) is 5.73 Å². The lowest BCUT2D eigenvalue weighted by atomic mass is 10.0. The van der Waals surface area contributed by atoms with E-state index in [4.69, 9.17) is 5.73 Å². The summed E-state index contributed by atoms with van der Waals surface area (Å²) in [5, 5.41) is 0. The lowest BCUT2D eigenvalue weighted by Crippen LogP contribution is -2.42. The lowest BCUT2D eigenvalue weighted by molar-refractivity contribution is 0.252. The van der Waals surface area contributed by atoms with Gasteiger partial charge in [-0.1, -0.05) is 0 Å². The fraction of sp³-hybridized carbons (Fsp3) is 0.692. The van der Waals surface area contributed by atoms with E-state index in [-0.39, 0.29) is 0 Å². The molecule has 1 fully saturated rings. The first-order chi connectivity index (χ1) is 8.60. The van der Waals surface area contributed by atoms with Crippen LogP contribution in [0.25, 0.3) is 0 Å². The predicted octanol–water partition coefficient (Wildman–Crippen LogP) is 0.774. The van der Waals surface area contributed by atoms with Crippen LogP contribution in [0.4, 0.5) is 5.95 Å². The molecule has 0 atom stereocenters. The van der Waals surface area contributed by atoms with Gasteiger partial charge < -0.3 is 15.5 Å². The molecule has 0 amide bonds. The number of nitrogens with two attached hydrogens (primary N) is 1. The van der Waals surface area contributed by atoms with Crippen LogP contribution >= 0.6 is 0 Å². The Kier molecular flexibility index (Phi) is 4.14. The zero-order chi connectivity index (χ0) is 13.1. The smallest absolute Gasteiger partial charge is 0.225 e. The highest BCUT2D eigenvalue weighted by atomic mass is 15.3. The van der Waals surface area contributed by atoms with Crippen molar-refractivity contribution in [1.29, 1.82) is 0 Å². The van der Waals surface area contributed by atoms with E-state index in [1.54, 1.807) is 0 Å². The number of hydrogen-bond acceptors (Lipinski definition) is 5. The number of piperidine rings is 1. The molecule has 5 nitrogen and oxygen atoms in total. The Hall–Kier alpha value is -1.20. The highest BCUT2D eigenvalue weighted by Crippen LogP contribution is 2.19. The maximum atomic E-state index is 5.67. The van der Waals surface area contributed by atoms with Crippen molar-refractivity contribution in [1.82, 2.24) is 14.9 Å². The summed E-state index contributed by atoms with van der Waals surface area (Å²) in [6, 6.07) is 2.49. The fourth-order valence-corrected chi connectivity index (χ4v) is 2.42. The maximum absolute atomic E-state index is 5.67. The van der Waals surface area contributed by atoms with Crippen molar-refractivity contribution in [3.8, 4) is 0 Å². The molecule has 0 bridgehead atoms. The summed E-state index contributed by atoms with van der Waals surface area (Å²) < 4.78 is 0. The Morgan fingerprint density at radius 2 is 2.06 bits per heavy atom. The molecule has 0 saturated carbocycles. The summed E-state index contributed by atoms with van der Waals surface area (Å²) in [5.74, 6) is 0.810. The number of likely N-dealkylation sites (tertiary alicyclic amines) is 1. The van der Waals surface area contributed by atoms with Crippen LogP contribution in [0.5, 0.6) is 0 Å². The summed E-state index contributed by atoms with van der Waals surface area (Å²) in [5.41, 5.74) is 7.57. The summed E-state index contributed by atoms with van der Waals surface area (Å²) in [7, 11) is 4.26. The van der Waals surface area contributed by atoms with Crippen LogP contribution in [-0.2, 0) is 6.54 Å². The van der Waals surface area contributed by atoms with Gasteiger partial charge in [0.05, 0.1) is 5.69 Å². The van der Waals surface area contributed by atoms with Gasteiger partial charge >= 0.3 is 0 Å². The second-order valence-corrected chi connectivity index (χ2v) is 5.15. The standard InChI is InChI=1S/C13H23N5/c1-10-8-11(9-14)16-13(15-10)18(3)12-4-6-17(2)7-5-12/h8,12H,4-7,9,14H2,1-3H3. The third kappa shape index (κ3) is 2.97. The normalized spacial score (nSPS) is 18.0. The average Bonchev–Trinajstić information content (AvgIpc) is 2.38. The SMILES string of the molecule is Cc1cc(CN)nc(N(C)C2CCN(C)CC2)n1. The van der Waals surface area contributed by atoms with E-state index < -0.39 is 0 Å². The van der Waals surface area contributed by atoms with Crippen LogP contribution in [0, 0.1) is 6.92 Å². The number of aromatic nitrogens is 2. The monoisotopic (exact) mass is 249 g/mol. The van der Waals surface area contributed by atoms with Gasteiger partial charge in [0.2, 0.25) is 5.95 Å². The molecule has 2 heterocycles. The van der Waals surface area contributed by atoms with Gasteiger partial charge in [0.15, 0.2) is 0 Å². The molecule has 0 radical (unpaired) electrons. The van der Waals surface area contributed by atoms with Gasteiger partial charge in [0.1, 0.15) is 0 Å². The van der Waals surface area contributed by atoms with Gasteiger partial charge in [-0.25, -0.2) is 9.97 Å². The van der Waals surface area contributed by atoms with Gasteiger partial charge in [-0.05, 0) is 46.0 Å². The van der Waals surface area contributed by atoms with Crippen molar-refractivity contribution < 1.29 is 0 Å². The fourth-order valence-electron chi connectivity index (χ4n) is 2.42. The molecule has 0 aromatic carbocycles. The van der Waals surface area contributed by atoms with E-state index in [2.05, 4.69) is 33.9 Å². The highest BCUT2D eigenvalue weighted by Gasteiger charge is 2.22. The van der Waals surface area contributed by atoms with Crippen molar-refractivity contribution in [3.63, 3.8) is 0 Å². The van der Waals surface area contributed by atoms with Crippen molar-refractivity contribution >= 4 is 5.95 Å². The topological polar surface area (TPSA) is 58.3 Å². The molecule has 0 unspecified atom stereocenters. The molecule has 2 N–H and O–H groups in total. The summed E-state index contributed by atoms with van der Waals surface area (Å²) in [6.07, 6.45) is 2.34. The van der Waals surface area contributed by atoms with Crippen LogP contribution < -0.4 is 10.6 Å². The number of hydrogen-bond donors (Lipinski definition) is 1. The first kappa shape index (κ1) is 13.2. The first-order valence-electron chi connectivity index (χ1n) is 6.56. The molecular weight excluding hydrogens is 226 g/mol. The molecule has 1 aromatic rings. The van der Waals surface area contributed by atoms with Crippen LogP contribution in [-0.4, -0.2) is 48.1 Å². The highest BCUT2D eigenvalue weighted by molar-refractivity contribution is 5.33. The summed E-state index contributed by atoms with van der Waals surface area (Å²) in [6.45, 7) is 4.75. The Morgan fingerprint density at radius 1 is 1.39 bits per heavy atom. The molecule has 1 aliphatic rings. The largest absolute Gasteiger partial charge is 0.341 e. The Morgan fingerprint density at radius 3 is 2.67 bits per heavy atom. The molecule has 100 valence electrons. The van der Waals surface area contributed by atoms with E-state index in [0.717, 1.165) is 30.4 Å². The summed E-state index contributed by atoms with van der Waals surface area (Å²) in [4.78, 5) is 13.6. The van der Waals surface area contributed by atoms with E-state index >= 15 is 0 Å². The van der Waals surface area contributed by atoms with Gasteiger partial charge in [-0.2, -0.15) is 0 Å². The van der Waals surface area contributed by atoms with Gasteiger partial charge in [-0.15, -0.1) is 0 Å². The van der Waals surface area contributed by atoms with E-state index in [1.165, 1.54) is 12.8 Å². The molecular formula is C13H23N5. The minimum absolute atomic E-state index is 0.470. The number of aryl methyl sites for hydroxylation is 1. The quantitative estimate of drug-likeness (QED) is 0.857. The third-order valence-corrected chi connectivity index (χ3v) is 3.66. The van der Waals surface area contributed by atoms with Crippen LogP contribution in [0.2, 0.25) is 0 Å². The van der Waals surface area contributed by atoms with Crippen LogP contribution in [0.1, 0.15) is 24.2 Å². The molecule has 0 aliphatic carbocycles. The van der Waals surface area contributed by atoms with Crippen LogP contribution in [0.15, 0.2) is 6.07 Å². The molecule has 18 heavy (non-hydrogen) atoms. The molecule has 2 rings (SSSR count). The van der Waals surface area contributed by atoms with E-state index in [0.29, 0.717) is 12.6 Å². The minimum atomic E-state index is 0.470. The van der Waals surface area contributed by atoms with Crippen molar-refractivity contribution in [2.45, 2.75) is 32.4 Å². The zero-order valence-electron chi connectivity index (χ0n) is 11.6. The van der Waals surface area contributed by atoms with E-state index in [9.17, 15) is 0 Å². The Labute approximate surface area is 109 Å². The Bertz CT molecular complexity index is 398. The molecule has 1 saturated heterocycles. The first-order valence-corrected chi connectivity index (χ1v) is 6.56. The lowest BCUT2D eigenvalue weighted by Gasteiger charge is -2.35. The maximum Gasteiger partial charge on any atom is 0.225 e. The second kappa shape index (κ2) is 5.63. The minimum Gasteiger partial charge on any atom is -0.341 e. The predicted molar refractivity (Wildman–Crippen MR) is 73.6 cm³/mol. The molecule has 0 spiro atoms. The average molecular weight is 249 g/mol. The van der Waals surface area contributed by atoms with Crippen LogP contribution in [0.3, 0.4) is 0 Å². The molecule has 1 aliphatic heterocycles. The van der Waals surface area contributed by atoms with Crippen molar-refractivity contribution in [3.05, 3.63) is 17.5 Å². The molecule has 1 aromatic heterocycles. The number of rotatable bonds is 3. The third-order valence-electron chi connectivity index (χ3n) is 3.66. The van der Waals surface area contributed by atoms with Gasteiger partial charge in [-0.3, -0.25) is 0 Å². The molecule has 5 heteroatoms. The second-order valence-electron chi connectivity index (χ2n) is 5.15. The zero-order valence-corrected chi connectivity index (χ0v) is 11.6. The summed E-state index contributed by atoms with van der Waals surface area (Å²) >= 11 is 0. The van der Waals surface area contributed by atoms with Crippen molar-refractivity contribution in [2.75, 3.05) is 32.1 Å².